The summed E-state index contributed by atoms with van der Waals surface area (Å²) in [6, 6.07) is 0.909. The molecule has 3 nitrogen and oxygen atoms in total. The van der Waals surface area contributed by atoms with Crippen LogP contribution >= 0.6 is 0 Å². The molecule has 0 radical (unpaired) electrons. The molecule has 1 rings (SSSR count). The van der Waals surface area contributed by atoms with Crippen LogP contribution in [-0.4, -0.2) is 21.1 Å². The van der Waals surface area contributed by atoms with Crippen LogP contribution in [0.15, 0.2) is 12.2 Å². The molecule has 1 heterocycles. The Hall–Kier alpha value is -0.613. The zero-order valence-corrected chi connectivity index (χ0v) is 9.26. The van der Waals surface area contributed by atoms with Crippen LogP contribution in [0.3, 0.4) is 0 Å². The predicted molar refractivity (Wildman–Crippen MR) is 52.5 cm³/mol. The molecule has 4 heteroatoms. The Bertz CT molecular complexity index is 219. The van der Waals surface area contributed by atoms with E-state index in [4.69, 9.17) is 8.85 Å². The highest BCUT2D eigenvalue weighted by Crippen LogP contribution is 2.23. The Balaban J connectivity index is 2.50. The summed E-state index contributed by atoms with van der Waals surface area (Å²) in [5, 5.41) is 0. The van der Waals surface area contributed by atoms with Gasteiger partial charge in [0.1, 0.15) is 0 Å². The van der Waals surface area contributed by atoms with E-state index in [1.165, 1.54) is 0 Å². The maximum Gasteiger partial charge on any atom is 0.398 e. The summed E-state index contributed by atoms with van der Waals surface area (Å²) in [4.78, 5) is 11.2. The molecule has 13 heavy (non-hydrogen) atoms. The third-order valence-corrected chi connectivity index (χ3v) is 4.78. The molecule has 1 aliphatic rings. The molecule has 0 aromatic rings. The largest absolute Gasteiger partial charge is 0.491 e. The van der Waals surface area contributed by atoms with Gasteiger partial charge < -0.3 is 8.85 Å². The van der Waals surface area contributed by atoms with E-state index < -0.39 is 8.56 Å². The van der Waals surface area contributed by atoms with Crippen molar-refractivity contribution in [2.45, 2.75) is 32.4 Å². The van der Waals surface area contributed by atoms with Crippen molar-refractivity contribution in [2.75, 3.05) is 6.61 Å². The molecular formula is C9H16O3Si. The molecule has 1 fully saturated rings. The van der Waals surface area contributed by atoms with Gasteiger partial charge in [0.05, 0.1) is 0 Å². The van der Waals surface area contributed by atoms with Crippen LogP contribution in [0.1, 0.15) is 19.8 Å². The third kappa shape index (κ3) is 2.97. The average molecular weight is 200 g/mol. The van der Waals surface area contributed by atoms with Gasteiger partial charge in [-0.3, -0.25) is 0 Å². The first-order valence-electron chi connectivity index (χ1n) is 4.56. The predicted octanol–water partition coefficient (Wildman–Crippen LogP) is 1.99. The van der Waals surface area contributed by atoms with Crippen molar-refractivity contribution in [3.63, 3.8) is 0 Å². The van der Waals surface area contributed by atoms with Crippen molar-refractivity contribution in [2.24, 2.45) is 0 Å². The van der Waals surface area contributed by atoms with Crippen LogP contribution in [-0.2, 0) is 13.6 Å². The summed E-state index contributed by atoms with van der Waals surface area (Å²) in [5.41, 5.74) is 0.447. The smallest absolute Gasteiger partial charge is 0.398 e. The van der Waals surface area contributed by atoms with Crippen molar-refractivity contribution in [1.82, 2.24) is 0 Å². The Morgan fingerprint density at radius 3 is 2.69 bits per heavy atom. The first-order valence-corrected chi connectivity index (χ1v) is 7.09. The van der Waals surface area contributed by atoms with E-state index >= 15 is 0 Å². The molecule has 0 amide bonds. The quantitative estimate of drug-likeness (QED) is 0.505. The van der Waals surface area contributed by atoms with Crippen LogP contribution in [0.4, 0.5) is 0 Å². The van der Waals surface area contributed by atoms with E-state index in [2.05, 4.69) is 6.58 Å². The second-order valence-corrected chi connectivity index (χ2v) is 6.87. The molecule has 0 bridgehead atoms. The van der Waals surface area contributed by atoms with E-state index in [0.717, 1.165) is 25.5 Å². The van der Waals surface area contributed by atoms with Gasteiger partial charge in [-0.1, -0.05) is 6.58 Å². The minimum atomic E-state index is -2.17. The Morgan fingerprint density at radius 2 is 2.23 bits per heavy atom. The van der Waals surface area contributed by atoms with Gasteiger partial charge in [0.15, 0.2) is 0 Å². The second kappa shape index (κ2) is 4.06. The second-order valence-electron chi connectivity index (χ2n) is 3.61. The normalized spacial score (nSPS) is 28.2. The van der Waals surface area contributed by atoms with Gasteiger partial charge in [-0.2, -0.15) is 0 Å². The number of carbonyl (C=O) groups is 1. The highest BCUT2D eigenvalue weighted by atomic mass is 28.4. The standard InChI is InChI=1S/C9H16O3Si/c1-8(2)9(10)12-13(3)7-5-4-6-11-13/h1,4-7H2,2-3H3. The third-order valence-electron chi connectivity index (χ3n) is 2.09. The van der Waals surface area contributed by atoms with Crippen molar-refractivity contribution in [3.05, 3.63) is 12.2 Å². The lowest BCUT2D eigenvalue weighted by molar-refractivity contribution is -0.132. The molecule has 0 N–H and O–H groups in total. The lowest BCUT2D eigenvalue weighted by Crippen LogP contribution is -2.43. The summed E-state index contributed by atoms with van der Waals surface area (Å²) in [6.07, 6.45) is 2.18. The zero-order valence-electron chi connectivity index (χ0n) is 8.26. The first-order chi connectivity index (χ1) is 6.03. The van der Waals surface area contributed by atoms with Gasteiger partial charge in [0.25, 0.3) is 0 Å². The van der Waals surface area contributed by atoms with Crippen LogP contribution in [0, 0.1) is 0 Å². The molecule has 1 aliphatic heterocycles. The SMILES string of the molecule is C=C(C)C(=O)O[Si]1(C)CCCCO1. The molecule has 0 aromatic carbocycles. The van der Waals surface area contributed by atoms with E-state index in [1.54, 1.807) is 6.92 Å². The Labute approximate surface area is 80.0 Å². The van der Waals surface area contributed by atoms with E-state index in [0.29, 0.717) is 5.57 Å². The number of rotatable bonds is 2. The van der Waals surface area contributed by atoms with Crippen LogP contribution in [0.25, 0.3) is 0 Å². The monoisotopic (exact) mass is 200 g/mol. The van der Waals surface area contributed by atoms with E-state index in [1.807, 2.05) is 6.55 Å². The summed E-state index contributed by atoms with van der Waals surface area (Å²) in [6.45, 7) is 7.87. The van der Waals surface area contributed by atoms with Gasteiger partial charge >= 0.3 is 14.5 Å². The fourth-order valence-electron chi connectivity index (χ4n) is 1.27. The van der Waals surface area contributed by atoms with Gasteiger partial charge in [0, 0.05) is 18.2 Å². The minimum absolute atomic E-state index is 0.309. The lowest BCUT2D eigenvalue weighted by Gasteiger charge is -2.30. The molecule has 74 valence electrons. The number of hydrogen-bond acceptors (Lipinski definition) is 3. The van der Waals surface area contributed by atoms with Gasteiger partial charge in [0.2, 0.25) is 0 Å². The summed E-state index contributed by atoms with van der Waals surface area (Å²) in [7, 11) is -2.17. The Morgan fingerprint density at radius 1 is 1.54 bits per heavy atom. The van der Waals surface area contributed by atoms with Crippen molar-refractivity contribution >= 4 is 14.5 Å². The van der Waals surface area contributed by atoms with Crippen molar-refractivity contribution in [1.29, 1.82) is 0 Å². The number of carbonyl (C=O) groups excluding carboxylic acids is 1. The fraction of sp³-hybridized carbons (Fsp3) is 0.667. The lowest BCUT2D eigenvalue weighted by atomic mass is 10.4. The summed E-state index contributed by atoms with van der Waals surface area (Å²) >= 11 is 0. The summed E-state index contributed by atoms with van der Waals surface area (Å²) < 4.78 is 10.9. The maximum absolute atomic E-state index is 11.2. The molecule has 0 aliphatic carbocycles. The summed E-state index contributed by atoms with van der Waals surface area (Å²) in [5.74, 6) is -0.309. The van der Waals surface area contributed by atoms with Crippen molar-refractivity contribution in [3.8, 4) is 0 Å². The fourth-order valence-corrected chi connectivity index (χ4v) is 3.61. The zero-order chi connectivity index (χ0) is 9.90. The molecule has 0 aromatic heterocycles. The molecule has 1 saturated heterocycles. The average Bonchev–Trinajstić information content (AvgIpc) is 2.04. The molecule has 1 atom stereocenters. The van der Waals surface area contributed by atoms with Gasteiger partial charge in [-0.05, 0) is 26.3 Å². The Kier molecular flexibility index (Phi) is 3.27. The van der Waals surface area contributed by atoms with Crippen molar-refractivity contribution < 1.29 is 13.6 Å². The minimum Gasteiger partial charge on any atom is -0.491 e. The topological polar surface area (TPSA) is 35.5 Å². The van der Waals surface area contributed by atoms with E-state index in [-0.39, 0.29) is 5.97 Å². The first kappa shape index (κ1) is 10.5. The number of hydrogen-bond donors (Lipinski definition) is 0. The van der Waals surface area contributed by atoms with Crippen LogP contribution in [0.2, 0.25) is 12.6 Å². The van der Waals surface area contributed by atoms with E-state index in [9.17, 15) is 4.79 Å². The highest BCUT2D eigenvalue weighted by Gasteiger charge is 2.37. The molecular weight excluding hydrogens is 184 g/mol. The highest BCUT2D eigenvalue weighted by molar-refractivity contribution is 6.67. The molecule has 0 saturated carbocycles. The molecule has 0 spiro atoms. The van der Waals surface area contributed by atoms with Gasteiger partial charge in [-0.25, -0.2) is 4.79 Å². The van der Waals surface area contributed by atoms with Gasteiger partial charge in [-0.15, -0.1) is 0 Å². The van der Waals surface area contributed by atoms with Crippen LogP contribution in [0.5, 0.6) is 0 Å². The molecule has 1 unspecified atom stereocenters. The maximum atomic E-state index is 11.2. The van der Waals surface area contributed by atoms with Crippen LogP contribution < -0.4 is 0 Å².